The summed E-state index contributed by atoms with van der Waals surface area (Å²) in [4.78, 5) is 14.6. The van der Waals surface area contributed by atoms with Crippen molar-refractivity contribution >= 4 is 17.7 Å². The van der Waals surface area contributed by atoms with Crippen LogP contribution in [0, 0.1) is 0 Å². The molecule has 1 unspecified atom stereocenters. The van der Waals surface area contributed by atoms with Gasteiger partial charge in [0.1, 0.15) is 0 Å². The third kappa shape index (κ3) is 2.39. The van der Waals surface area contributed by atoms with Crippen LogP contribution in [-0.2, 0) is 11.4 Å². The van der Waals surface area contributed by atoms with Crippen LogP contribution in [0.4, 0.5) is 0 Å². The summed E-state index contributed by atoms with van der Waals surface area (Å²) >= 11 is 1.61. The van der Waals surface area contributed by atoms with Crippen LogP contribution in [0.2, 0.25) is 0 Å². The lowest BCUT2D eigenvalue weighted by Crippen LogP contribution is -2.23. The normalized spacial score (nSPS) is 20.5. The third-order valence-electron chi connectivity index (χ3n) is 2.76. The molecule has 1 aliphatic heterocycles. The molecule has 0 bridgehead atoms. The van der Waals surface area contributed by atoms with E-state index in [0.29, 0.717) is 0 Å². The predicted octanol–water partition coefficient (Wildman–Crippen LogP) is 1.50. The van der Waals surface area contributed by atoms with Gasteiger partial charge in [-0.05, 0) is 24.1 Å². The Morgan fingerprint density at radius 3 is 2.62 bits per heavy atom. The van der Waals surface area contributed by atoms with Crippen LogP contribution < -0.4 is 0 Å². The summed E-state index contributed by atoms with van der Waals surface area (Å²) in [6, 6.07) is 7.71. The maximum atomic E-state index is 11.7. The van der Waals surface area contributed by atoms with Crippen LogP contribution >= 0.6 is 11.8 Å². The molecule has 1 N–H and O–H groups in total. The number of hydrogen-bond donors (Lipinski definition) is 1. The van der Waals surface area contributed by atoms with Gasteiger partial charge in [0.2, 0.25) is 5.91 Å². The number of hydrogen-bond acceptors (Lipinski definition) is 3. The average molecular weight is 237 g/mol. The molecular weight excluding hydrogens is 222 g/mol. The first-order chi connectivity index (χ1) is 7.70. The Kier molecular flexibility index (Phi) is 3.51. The van der Waals surface area contributed by atoms with Gasteiger partial charge in [0, 0.05) is 18.5 Å². The van der Waals surface area contributed by atoms with Crippen molar-refractivity contribution in [2.45, 2.75) is 23.2 Å². The summed E-state index contributed by atoms with van der Waals surface area (Å²) in [6.07, 6.45) is 0.918. The Morgan fingerprint density at radius 1 is 1.44 bits per heavy atom. The first-order valence-corrected chi connectivity index (χ1v) is 6.20. The van der Waals surface area contributed by atoms with Gasteiger partial charge in [0.05, 0.1) is 11.9 Å². The van der Waals surface area contributed by atoms with E-state index in [1.165, 1.54) is 0 Å². The van der Waals surface area contributed by atoms with E-state index in [1.807, 2.05) is 31.3 Å². The van der Waals surface area contributed by atoms with Crippen molar-refractivity contribution in [1.29, 1.82) is 0 Å². The molecule has 1 aliphatic rings. The van der Waals surface area contributed by atoms with Crippen LogP contribution in [0.5, 0.6) is 0 Å². The predicted molar refractivity (Wildman–Crippen MR) is 64.3 cm³/mol. The quantitative estimate of drug-likeness (QED) is 0.866. The van der Waals surface area contributed by atoms with Gasteiger partial charge in [-0.2, -0.15) is 0 Å². The standard InChI is InChI=1S/C12H15NO2S/c1-13-7-6-11(12(13)15)16-10-4-2-9(8-14)3-5-10/h2-5,11,14H,6-8H2,1H3. The highest BCUT2D eigenvalue weighted by molar-refractivity contribution is 8.00. The van der Waals surface area contributed by atoms with E-state index >= 15 is 0 Å². The fourth-order valence-corrected chi connectivity index (χ4v) is 2.86. The topological polar surface area (TPSA) is 40.5 Å². The molecule has 0 saturated carbocycles. The molecular formula is C12H15NO2S. The average Bonchev–Trinajstić information content (AvgIpc) is 2.62. The van der Waals surface area contributed by atoms with Crippen LogP contribution in [-0.4, -0.2) is 34.8 Å². The first-order valence-electron chi connectivity index (χ1n) is 5.32. The lowest BCUT2D eigenvalue weighted by atomic mass is 10.2. The van der Waals surface area contributed by atoms with Crippen molar-refractivity contribution in [2.24, 2.45) is 0 Å². The van der Waals surface area contributed by atoms with E-state index in [4.69, 9.17) is 5.11 Å². The highest BCUT2D eigenvalue weighted by atomic mass is 32.2. The number of benzene rings is 1. The number of thioether (sulfide) groups is 1. The zero-order valence-corrected chi connectivity index (χ0v) is 10.0. The molecule has 1 amide bonds. The fraction of sp³-hybridized carbons (Fsp3) is 0.417. The van der Waals surface area contributed by atoms with E-state index in [-0.39, 0.29) is 17.8 Å². The Balaban J connectivity index is 2.01. The van der Waals surface area contributed by atoms with Crippen molar-refractivity contribution in [3.05, 3.63) is 29.8 Å². The molecule has 1 atom stereocenters. The van der Waals surface area contributed by atoms with Crippen molar-refractivity contribution in [3.8, 4) is 0 Å². The SMILES string of the molecule is CN1CCC(Sc2ccc(CO)cc2)C1=O. The monoisotopic (exact) mass is 237 g/mol. The zero-order chi connectivity index (χ0) is 11.5. The molecule has 4 heteroatoms. The number of carbonyl (C=O) groups is 1. The molecule has 3 nitrogen and oxygen atoms in total. The van der Waals surface area contributed by atoms with E-state index in [9.17, 15) is 4.79 Å². The Hall–Kier alpha value is -1.00. The van der Waals surface area contributed by atoms with Gasteiger partial charge in [-0.15, -0.1) is 11.8 Å². The molecule has 0 spiro atoms. The number of amides is 1. The van der Waals surface area contributed by atoms with Gasteiger partial charge in [-0.25, -0.2) is 0 Å². The summed E-state index contributed by atoms with van der Waals surface area (Å²) < 4.78 is 0. The minimum absolute atomic E-state index is 0.0602. The van der Waals surface area contributed by atoms with Crippen molar-refractivity contribution in [3.63, 3.8) is 0 Å². The first kappa shape index (κ1) is 11.5. The second-order valence-corrected chi connectivity index (χ2v) is 5.23. The molecule has 2 rings (SSSR count). The van der Waals surface area contributed by atoms with E-state index in [2.05, 4.69) is 0 Å². The molecule has 16 heavy (non-hydrogen) atoms. The lowest BCUT2D eigenvalue weighted by molar-refractivity contribution is -0.126. The number of carbonyl (C=O) groups excluding carboxylic acids is 1. The second kappa shape index (κ2) is 4.89. The van der Waals surface area contributed by atoms with Crippen LogP contribution in [0.3, 0.4) is 0 Å². The largest absolute Gasteiger partial charge is 0.392 e. The van der Waals surface area contributed by atoms with Crippen LogP contribution in [0.25, 0.3) is 0 Å². The highest BCUT2D eigenvalue weighted by Crippen LogP contribution is 2.30. The van der Waals surface area contributed by atoms with Crippen LogP contribution in [0.1, 0.15) is 12.0 Å². The van der Waals surface area contributed by atoms with Crippen molar-refractivity contribution < 1.29 is 9.90 Å². The summed E-state index contributed by atoms with van der Waals surface area (Å²) in [7, 11) is 1.84. The van der Waals surface area contributed by atoms with Crippen molar-refractivity contribution in [1.82, 2.24) is 4.90 Å². The third-order valence-corrected chi connectivity index (χ3v) is 4.03. The van der Waals surface area contributed by atoms with Gasteiger partial charge in [-0.3, -0.25) is 4.79 Å². The van der Waals surface area contributed by atoms with E-state index < -0.39 is 0 Å². The molecule has 1 heterocycles. The number of nitrogens with zero attached hydrogens (tertiary/aromatic N) is 1. The number of likely N-dealkylation sites (tertiary alicyclic amines) is 1. The van der Waals surface area contributed by atoms with E-state index in [0.717, 1.165) is 23.4 Å². The Bertz CT molecular complexity index is 377. The highest BCUT2D eigenvalue weighted by Gasteiger charge is 2.29. The summed E-state index contributed by atoms with van der Waals surface area (Å²) in [6.45, 7) is 0.918. The molecule has 1 aromatic rings. The molecule has 86 valence electrons. The Morgan fingerprint density at radius 2 is 2.12 bits per heavy atom. The van der Waals surface area contributed by atoms with Gasteiger partial charge >= 0.3 is 0 Å². The molecule has 1 saturated heterocycles. The van der Waals surface area contributed by atoms with E-state index in [1.54, 1.807) is 16.7 Å². The maximum absolute atomic E-state index is 11.7. The molecule has 1 fully saturated rings. The maximum Gasteiger partial charge on any atom is 0.235 e. The molecule has 0 aromatic heterocycles. The lowest BCUT2D eigenvalue weighted by Gasteiger charge is -2.10. The summed E-state index contributed by atoms with van der Waals surface area (Å²) in [5.41, 5.74) is 0.902. The smallest absolute Gasteiger partial charge is 0.235 e. The van der Waals surface area contributed by atoms with Gasteiger partial charge in [-0.1, -0.05) is 12.1 Å². The number of rotatable bonds is 3. The zero-order valence-electron chi connectivity index (χ0n) is 9.22. The van der Waals surface area contributed by atoms with Crippen LogP contribution in [0.15, 0.2) is 29.2 Å². The van der Waals surface area contributed by atoms with Gasteiger partial charge in [0.25, 0.3) is 0 Å². The molecule has 1 aromatic carbocycles. The Labute approximate surface area is 99.5 Å². The minimum Gasteiger partial charge on any atom is -0.392 e. The van der Waals surface area contributed by atoms with Gasteiger partial charge < -0.3 is 10.0 Å². The summed E-state index contributed by atoms with van der Waals surface area (Å²) in [5.74, 6) is 0.219. The number of aliphatic hydroxyl groups excluding tert-OH is 1. The van der Waals surface area contributed by atoms with Crippen molar-refractivity contribution in [2.75, 3.05) is 13.6 Å². The second-order valence-electron chi connectivity index (χ2n) is 3.96. The molecule has 0 radical (unpaired) electrons. The number of aliphatic hydroxyl groups is 1. The van der Waals surface area contributed by atoms with Gasteiger partial charge in [0.15, 0.2) is 0 Å². The molecule has 0 aliphatic carbocycles. The minimum atomic E-state index is 0.0602. The fourth-order valence-electron chi connectivity index (χ4n) is 1.74. The summed E-state index contributed by atoms with van der Waals surface area (Å²) in [5, 5.41) is 8.98.